The highest BCUT2D eigenvalue weighted by Crippen LogP contribution is 2.40. The molecule has 0 aliphatic carbocycles. The number of likely N-dealkylation sites (tertiary alicyclic amines) is 1. The molecule has 0 aromatic carbocycles. The van der Waals surface area contributed by atoms with E-state index in [-0.39, 0.29) is 0 Å². The number of nitrogens with zero attached hydrogens (tertiary/aromatic N) is 4. The van der Waals surface area contributed by atoms with E-state index in [1.54, 1.807) is 0 Å². The Balaban J connectivity index is 1.64. The molecule has 2 aromatic heterocycles. The molecule has 0 bridgehead atoms. The molecular formula is C16H22N4S. The Bertz CT molecular complexity index is 612. The highest BCUT2D eigenvalue weighted by Gasteiger charge is 2.25. The van der Waals surface area contributed by atoms with Crippen LogP contribution in [0.4, 0.5) is 0 Å². The van der Waals surface area contributed by atoms with Crippen molar-refractivity contribution in [2.75, 3.05) is 25.4 Å². The lowest BCUT2D eigenvalue weighted by Gasteiger charge is -2.17. The third kappa shape index (κ3) is 2.69. The van der Waals surface area contributed by atoms with E-state index in [9.17, 15) is 0 Å². The van der Waals surface area contributed by atoms with Crippen molar-refractivity contribution < 1.29 is 0 Å². The first kappa shape index (κ1) is 13.6. The molecular weight excluding hydrogens is 280 g/mol. The Morgan fingerprint density at radius 3 is 2.90 bits per heavy atom. The van der Waals surface area contributed by atoms with E-state index in [2.05, 4.69) is 32.3 Å². The normalized spacial score (nSPS) is 23.3. The van der Waals surface area contributed by atoms with Crippen molar-refractivity contribution in [1.82, 2.24) is 19.4 Å². The maximum absolute atomic E-state index is 4.90. The molecule has 1 atom stereocenters. The van der Waals surface area contributed by atoms with E-state index in [0.29, 0.717) is 5.25 Å². The van der Waals surface area contributed by atoms with Crippen molar-refractivity contribution in [3.05, 3.63) is 24.2 Å². The van der Waals surface area contributed by atoms with E-state index in [0.717, 1.165) is 24.3 Å². The van der Waals surface area contributed by atoms with Gasteiger partial charge in [0.1, 0.15) is 11.3 Å². The number of hydrogen-bond acceptors (Lipinski definition) is 4. The zero-order valence-electron chi connectivity index (χ0n) is 12.4. The number of hydrogen-bond donors (Lipinski definition) is 0. The summed E-state index contributed by atoms with van der Waals surface area (Å²) >= 11 is 2.06. The third-order valence-corrected chi connectivity index (χ3v) is 5.96. The van der Waals surface area contributed by atoms with Crippen LogP contribution in [0, 0.1) is 0 Å². The molecule has 2 fully saturated rings. The zero-order valence-corrected chi connectivity index (χ0v) is 13.2. The van der Waals surface area contributed by atoms with Crippen LogP contribution in [0.25, 0.3) is 11.2 Å². The van der Waals surface area contributed by atoms with Crippen LogP contribution in [-0.2, 0) is 6.54 Å². The van der Waals surface area contributed by atoms with Crippen molar-refractivity contribution in [1.29, 1.82) is 0 Å². The van der Waals surface area contributed by atoms with E-state index < -0.39 is 0 Å². The molecule has 4 heterocycles. The predicted octanol–water partition coefficient (Wildman–Crippen LogP) is 3.10. The van der Waals surface area contributed by atoms with Gasteiger partial charge in [0.25, 0.3) is 0 Å². The number of thioether (sulfide) groups is 1. The summed E-state index contributed by atoms with van der Waals surface area (Å²) < 4.78 is 2.39. The first-order valence-corrected chi connectivity index (χ1v) is 9.12. The summed E-state index contributed by atoms with van der Waals surface area (Å²) in [6.07, 6.45) is 7.18. The Labute approximate surface area is 129 Å². The summed E-state index contributed by atoms with van der Waals surface area (Å²) in [4.78, 5) is 12.1. The Morgan fingerprint density at radius 1 is 1.19 bits per heavy atom. The summed E-state index contributed by atoms with van der Waals surface area (Å²) in [5.41, 5.74) is 2.13. The van der Waals surface area contributed by atoms with Crippen molar-refractivity contribution in [2.24, 2.45) is 0 Å². The van der Waals surface area contributed by atoms with Gasteiger partial charge in [-0.25, -0.2) is 9.97 Å². The van der Waals surface area contributed by atoms with Crippen molar-refractivity contribution in [2.45, 2.75) is 37.5 Å². The fourth-order valence-electron chi connectivity index (χ4n) is 3.47. The van der Waals surface area contributed by atoms with Gasteiger partial charge < -0.3 is 9.47 Å². The fraction of sp³-hybridized carbons (Fsp3) is 0.625. The summed E-state index contributed by atoms with van der Waals surface area (Å²) in [5.74, 6) is 2.53. The highest BCUT2D eigenvalue weighted by atomic mass is 32.2. The Morgan fingerprint density at radius 2 is 2.10 bits per heavy atom. The van der Waals surface area contributed by atoms with Gasteiger partial charge in [0.2, 0.25) is 0 Å². The van der Waals surface area contributed by atoms with Crippen LogP contribution in [0.1, 0.15) is 36.8 Å². The maximum atomic E-state index is 4.90. The van der Waals surface area contributed by atoms with Gasteiger partial charge in [-0.3, -0.25) is 0 Å². The molecule has 1 unspecified atom stereocenters. The number of pyridine rings is 1. The number of imidazole rings is 1. The van der Waals surface area contributed by atoms with Crippen LogP contribution >= 0.6 is 11.8 Å². The van der Waals surface area contributed by atoms with Gasteiger partial charge in [-0.1, -0.05) is 0 Å². The minimum Gasteiger partial charge on any atom is -0.310 e. The molecule has 5 heteroatoms. The SMILES string of the molecule is c1cnc2c(c1)nc(C1CCCS1)n2CCN1CCCC1. The van der Waals surface area contributed by atoms with Gasteiger partial charge in [-0.15, -0.1) is 0 Å². The van der Waals surface area contributed by atoms with Gasteiger partial charge in [0.15, 0.2) is 5.65 Å². The molecule has 0 radical (unpaired) electrons. The van der Waals surface area contributed by atoms with E-state index in [4.69, 9.17) is 4.98 Å². The van der Waals surface area contributed by atoms with Crippen molar-refractivity contribution in [3.8, 4) is 0 Å². The summed E-state index contributed by atoms with van der Waals surface area (Å²) in [7, 11) is 0. The minimum atomic E-state index is 0.567. The van der Waals surface area contributed by atoms with E-state index >= 15 is 0 Å². The zero-order chi connectivity index (χ0) is 14.1. The Hall–Kier alpha value is -1.07. The van der Waals surface area contributed by atoms with Crippen LogP contribution < -0.4 is 0 Å². The standard InChI is InChI=1S/C16H22N4S/c1-2-9-19(8-1)10-11-20-15-13(5-3-7-17-15)18-16(20)14-6-4-12-21-14/h3,5,7,14H,1-2,4,6,8-12H2. The molecule has 2 aromatic rings. The lowest BCUT2D eigenvalue weighted by Crippen LogP contribution is -2.25. The lowest BCUT2D eigenvalue weighted by atomic mass is 10.2. The molecule has 0 spiro atoms. The second-order valence-corrected chi connectivity index (χ2v) is 7.33. The maximum Gasteiger partial charge on any atom is 0.160 e. The summed E-state index contributed by atoms with van der Waals surface area (Å²) in [5, 5.41) is 0.567. The number of fused-ring (bicyclic) bond motifs is 1. The highest BCUT2D eigenvalue weighted by molar-refractivity contribution is 7.99. The van der Waals surface area contributed by atoms with Crippen molar-refractivity contribution >= 4 is 22.9 Å². The predicted molar refractivity (Wildman–Crippen MR) is 87.6 cm³/mol. The number of aromatic nitrogens is 3. The van der Waals surface area contributed by atoms with Crippen LogP contribution in [0.15, 0.2) is 18.3 Å². The monoisotopic (exact) mass is 302 g/mol. The topological polar surface area (TPSA) is 34.0 Å². The van der Waals surface area contributed by atoms with Gasteiger partial charge in [0.05, 0.1) is 5.25 Å². The molecule has 0 N–H and O–H groups in total. The van der Waals surface area contributed by atoms with E-state index in [1.807, 2.05) is 12.3 Å². The fourth-order valence-corrected chi connectivity index (χ4v) is 4.75. The first-order chi connectivity index (χ1) is 10.4. The van der Waals surface area contributed by atoms with Gasteiger partial charge in [0, 0.05) is 19.3 Å². The van der Waals surface area contributed by atoms with Gasteiger partial charge >= 0.3 is 0 Å². The largest absolute Gasteiger partial charge is 0.310 e. The summed E-state index contributed by atoms with van der Waals surface area (Å²) in [6, 6.07) is 4.09. The quantitative estimate of drug-likeness (QED) is 0.869. The van der Waals surface area contributed by atoms with Crippen LogP contribution in [-0.4, -0.2) is 44.8 Å². The molecule has 0 amide bonds. The Kier molecular flexibility index (Phi) is 3.86. The van der Waals surface area contributed by atoms with Crippen molar-refractivity contribution in [3.63, 3.8) is 0 Å². The minimum absolute atomic E-state index is 0.567. The average molecular weight is 302 g/mol. The molecule has 2 aliphatic rings. The van der Waals surface area contributed by atoms with Gasteiger partial charge in [-0.2, -0.15) is 11.8 Å². The van der Waals surface area contributed by atoms with Gasteiger partial charge in [-0.05, 0) is 56.7 Å². The van der Waals surface area contributed by atoms with Crippen LogP contribution in [0.3, 0.4) is 0 Å². The average Bonchev–Trinajstić information content (AvgIpc) is 3.25. The van der Waals surface area contributed by atoms with Crippen LogP contribution in [0.2, 0.25) is 0 Å². The molecule has 4 rings (SSSR count). The summed E-state index contributed by atoms with van der Waals surface area (Å²) in [6.45, 7) is 4.67. The first-order valence-electron chi connectivity index (χ1n) is 8.07. The van der Waals surface area contributed by atoms with E-state index in [1.165, 1.54) is 50.4 Å². The molecule has 21 heavy (non-hydrogen) atoms. The van der Waals surface area contributed by atoms with Crippen LogP contribution in [0.5, 0.6) is 0 Å². The molecule has 2 saturated heterocycles. The molecule has 4 nitrogen and oxygen atoms in total. The second-order valence-electron chi connectivity index (χ2n) is 6.02. The lowest BCUT2D eigenvalue weighted by molar-refractivity contribution is 0.322. The molecule has 2 aliphatic heterocycles. The second kappa shape index (κ2) is 5.97. The molecule has 0 saturated carbocycles. The third-order valence-electron chi connectivity index (χ3n) is 4.59. The molecule has 112 valence electrons. The smallest absolute Gasteiger partial charge is 0.160 e. The number of rotatable bonds is 4.